The van der Waals surface area contributed by atoms with Crippen LogP contribution in [0.2, 0.25) is 5.02 Å². The highest BCUT2D eigenvalue weighted by molar-refractivity contribution is 8.26. The average Bonchev–Trinajstić information content (AvgIpc) is 3.20. The number of nitrogens with zero attached hydrogens (tertiary/aromatic N) is 1. The monoisotopic (exact) mass is 611 g/mol. The van der Waals surface area contributed by atoms with Gasteiger partial charge in [0.15, 0.2) is 22.4 Å². The Labute approximate surface area is 251 Å². The van der Waals surface area contributed by atoms with Gasteiger partial charge in [-0.15, -0.1) is 0 Å². The summed E-state index contributed by atoms with van der Waals surface area (Å²) in [5.74, 6) is -0.150. The van der Waals surface area contributed by atoms with Gasteiger partial charge in [0.05, 0.1) is 34.9 Å². The molecule has 1 heterocycles. The molecule has 1 aliphatic heterocycles. The second-order valence-electron chi connectivity index (χ2n) is 8.62. The van der Waals surface area contributed by atoms with E-state index in [9.17, 15) is 14.4 Å². The quantitative estimate of drug-likeness (QED) is 0.225. The van der Waals surface area contributed by atoms with E-state index in [0.29, 0.717) is 40.0 Å². The van der Waals surface area contributed by atoms with E-state index in [1.54, 1.807) is 60.7 Å². The number of halogens is 1. The number of aryl methyl sites for hydroxylation is 1. The minimum atomic E-state index is -0.555. The first-order chi connectivity index (χ1) is 19.7. The van der Waals surface area contributed by atoms with Crippen LogP contribution in [0.4, 0.5) is 5.69 Å². The molecular formula is C29H26ClN3O6S2. The molecule has 41 heavy (non-hydrogen) atoms. The number of nitrogens with one attached hydrogen (secondary N) is 2. The van der Waals surface area contributed by atoms with Crippen molar-refractivity contribution in [2.24, 2.45) is 0 Å². The zero-order chi connectivity index (χ0) is 29.5. The van der Waals surface area contributed by atoms with Gasteiger partial charge in [0.1, 0.15) is 5.75 Å². The Morgan fingerprint density at radius 1 is 1.05 bits per heavy atom. The SMILES string of the molecule is CCOc1ccccc1NC(=O)COc1ccc(/C=C2/SC(=S)N(NC(=O)c3ccc(C)cc3Cl)C2=O)cc1OC. The van der Waals surface area contributed by atoms with E-state index in [0.717, 1.165) is 22.3 Å². The number of ether oxygens (including phenoxy) is 3. The highest BCUT2D eigenvalue weighted by atomic mass is 35.5. The van der Waals surface area contributed by atoms with Crippen LogP contribution in [0.5, 0.6) is 17.2 Å². The molecule has 0 saturated carbocycles. The molecule has 12 heteroatoms. The molecule has 0 aromatic heterocycles. The summed E-state index contributed by atoms with van der Waals surface area (Å²) < 4.78 is 16.8. The molecule has 2 N–H and O–H groups in total. The molecular weight excluding hydrogens is 586 g/mol. The van der Waals surface area contributed by atoms with Crippen LogP contribution in [0.15, 0.2) is 65.6 Å². The molecule has 3 aromatic rings. The third kappa shape index (κ3) is 7.37. The number of thiocarbonyl (C=S) groups is 1. The third-order valence-corrected chi connectivity index (χ3v) is 7.30. The maximum Gasteiger partial charge on any atom is 0.285 e. The summed E-state index contributed by atoms with van der Waals surface area (Å²) in [5, 5.41) is 4.06. The Hall–Kier alpha value is -4.06. The first-order valence-electron chi connectivity index (χ1n) is 12.4. The molecule has 0 unspecified atom stereocenters. The number of hydrazine groups is 1. The number of thioether (sulfide) groups is 1. The fourth-order valence-corrected chi connectivity index (χ4v) is 5.26. The van der Waals surface area contributed by atoms with Crippen molar-refractivity contribution in [3.05, 3.63) is 87.3 Å². The van der Waals surface area contributed by atoms with Crippen molar-refractivity contribution in [3.8, 4) is 17.2 Å². The predicted octanol–water partition coefficient (Wildman–Crippen LogP) is 5.62. The maximum absolute atomic E-state index is 13.0. The lowest BCUT2D eigenvalue weighted by Gasteiger charge is -2.16. The molecule has 1 aliphatic rings. The Morgan fingerprint density at radius 2 is 1.83 bits per heavy atom. The zero-order valence-electron chi connectivity index (χ0n) is 22.4. The van der Waals surface area contributed by atoms with Crippen LogP contribution in [0.3, 0.4) is 0 Å². The van der Waals surface area contributed by atoms with Gasteiger partial charge in [0, 0.05) is 0 Å². The van der Waals surface area contributed by atoms with E-state index in [-0.39, 0.29) is 27.4 Å². The molecule has 3 aromatic carbocycles. The van der Waals surface area contributed by atoms with E-state index < -0.39 is 11.8 Å². The topological polar surface area (TPSA) is 106 Å². The van der Waals surface area contributed by atoms with E-state index in [1.807, 2.05) is 19.9 Å². The molecule has 212 valence electrons. The number of carbonyl (C=O) groups is 3. The number of hydrogen-bond acceptors (Lipinski definition) is 8. The fourth-order valence-electron chi connectivity index (χ4n) is 3.76. The lowest BCUT2D eigenvalue weighted by Crippen LogP contribution is -2.44. The largest absolute Gasteiger partial charge is 0.493 e. The first kappa shape index (κ1) is 29.9. The third-order valence-electron chi connectivity index (χ3n) is 5.68. The van der Waals surface area contributed by atoms with E-state index in [1.165, 1.54) is 7.11 Å². The van der Waals surface area contributed by atoms with Crippen LogP contribution in [0.1, 0.15) is 28.4 Å². The second-order valence-corrected chi connectivity index (χ2v) is 10.7. The van der Waals surface area contributed by atoms with Crippen molar-refractivity contribution in [1.82, 2.24) is 10.4 Å². The Balaban J connectivity index is 1.41. The van der Waals surface area contributed by atoms with Gasteiger partial charge < -0.3 is 19.5 Å². The van der Waals surface area contributed by atoms with E-state index in [4.69, 9.17) is 38.0 Å². The van der Waals surface area contributed by atoms with E-state index >= 15 is 0 Å². The molecule has 9 nitrogen and oxygen atoms in total. The smallest absolute Gasteiger partial charge is 0.285 e. The van der Waals surface area contributed by atoms with Crippen LogP contribution in [-0.4, -0.2) is 47.4 Å². The van der Waals surface area contributed by atoms with Crippen LogP contribution in [0.25, 0.3) is 6.08 Å². The first-order valence-corrected chi connectivity index (χ1v) is 14.0. The lowest BCUT2D eigenvalue weighted by atomic mass is 10.1. The minimum Gasteiger partial charge on any atom is -0.493 e. The molecule has 0 spiro atoms. The van der Waals surface area contributed by atoms with Gasteiger partial charge >= 0.3 is 0 Å². The summed E-state index contributed by atoms with van der Waals surface area (Å²) in [5.41, 5.74) is 4.82. The highest BCUT2D eigenvalue weighted by Gasteiger charge is 2.34. The molecule has 0 atom stereocenters. The van der Waals surface area contributed by atoms with Gasteiger partial charge in [-0.25, -0.2) is 0 Å². The number of rotatable bonds is 10. The van der Waals surface area contributed by atoms with E-state index in [2.05, 4.69) is 10.7 Å². The normalized spacial score (nSPS) is 13.8. The Kier molecular flexibility index (Phi) is 9.87. The maximum atomic E-state index is 13.0. The van der Waals surface area contributed by atoms with Gasteiger partial charge in [-0.3, -0.25) is 19.8 Å². The number of carbonyl (C=O) groups excluding carboxylic acids is 3. The second kappa shape index (κ2) is 13.5. The summed E-state index contributed by atoms with van der Waals surface area (Å²) >= 11 is 12.6. The number of anilines is 1. The Morgan fingerprint density at radius 3 is 2.56 bits per heavy atom. The molecule has 1 fully saturated rings. The number of amides is 3. The standard InChI is InChI=1S/C29H26ClN3O6S2/c1-4-38-22-8-6-5-7-21(22)31-26(34)16-39-23-12-10-18(14-24(23)37-3)15-25-28(36)33(29(40)41-25)32-27(35)19-11-9-17(2)13-20(19)30/h5-15H,4,16H2,1-3H3,(H,31,34)(H,32,35)/b25-15+. The van der Waals surface area contributed by atoms with Crippen LogP contribution < -0.4 is 25.0 Å². The number of benzene rings is 3. The lowest BCUT2D eigenvalue weighted by molar-refractivity contribution is -0.123. The molecule has 4 rings (SSSR count). The van der Waals surface area contributed by atoms with Crippen LogP contribution >= 0.6 is 35.6 Å². The summed E-state index contributed by atoms with van der Waals surface area (Å²) in [7, 11) is 1.47. The summed E-state index contributed by atoms with van der Waals surface area (Å²) in [6, 6.07) is 17.1. The molecule has 1 saturated heterocycles. The van der Waals surface area contributed by atoms with Crippen molar-refractivity contribution >= 4 is 69.4 Å². The fraction of sp³-hybridized carbons (Fsp3) is 0.172. The minimum absolute atomic E-state index is 0.168. The summed E-state index contributed by atoms with van der Waals surface area (Å²) in [6.45, 7) is 3.92. The van der Waals surface area contributed by atoms with Crippen molar-refractivity contribution in [1.29, 1.82) is 0 Å². The molecule has 0 bridgehead atoms. The molecule has 0 aliphatic carbocycles. The zero-order valence-corrected chi connectivity index (χ0v) is 24.7. The van der Waals surface area contributed by atoms with Crippen molar-refractivity contribution < 1.29 is 28.6 Å². The number of methoxy groups -OCH3 is 1. The molecule has 3 amide bonds. The molecule has 0 radical (unpaired) electrons. The Bertz CT molecular complexity index is 1540. The number of hydrogen-bond donors (Lipinski definition) is 2. The number of para-hydroxylation sites is 2. The van der Waals surface area contributed by atoms with Gasteiger partial charge in [0.25, 0.3) is 17.7 Å². The average molecular weight is 612 g/mol. The summed E-state index contributed by atoms with van der Waals surface area (Å²) in [4.78, 5) is 38.6. The van der Waals surface area contributed by atoms with Crippen molar-refractivity contribution in [2.45, 2.75) is 13.8 Å². The van der Waals surface area contributed by atoms with Gasteiger partial charge in [-0.2, -0.15) is 5.01 Å². The van der Waals surface area contributed by atoms with Gasteiger partial charge in [-0.1, -0.05) is 47.6 Å². The highest BCUT2D eigenvalue weighted by Crippen LogP contribution is 2.34. The van der Waals surface area contributed by atoms with Crippen LogP contribution in [-0.2, 0) is 9.59 Å². The predicted molar refractivity (Wildman–Crippen MR) is 163 cm³/mol. The summed E-state index contributed by atoms with van der Waals surface area (Å²) in [6.07, 6.45) is 1.62. The van der Waals surface area contributed by atoms with Gasteiger partial charge in [-0.05, 0) is 79.7 Å². The van der Waals surface area contributed by atoms with Crippen LogP contribution in [0, 0.1) is 6.92 Å². The van der Waals surface area contributed by atoms with Crippen molar-refractivity contribution in [2.75, 3.05) is 25.6 Å². The van der Waals surface area contributed by atoms with Crippen molar-refractivity contribution in [3.63, 3.8) is 0 Å². The van der Waals surface area contributed by atoms with Gasteiger partial charge in [0.2, 0.25) is 0 Å².